The SMILES string of the molecule is C[C@]12C/C(=C/O)[C@H]3[C@@H](C=CC4=C(O)C(O)C=C[C@@H]43)[C@@H]1CC[C@@H]2O. The van der Waals surface area contributed by atoms with E-state index in [-0.39, 0.29) is 35.0 Å². The van der Waals surface area contributed by atoms with Crippen LogP contribution >= 0.6 is 0 Å². The second-order valence-electron chi connectivity index (χ2n) is 7.74. The maximum absolute atomic E-state index is 10.5. The number of fused-ring (bicyclic) bond motifs is 5. The van der Waals surface area contributed by atoms with Crippen molar-refractivity contribution in [3.05, 3.63) is 47.5 Å². The molecule has 4 aliphatic carbocycles. The zero-order valence-electron chi connectivity index (χ0n) is 13.3. The molecule has 4 rings (SSSR count). The minimum Gasteiger partial charge on any atom is -0.516 e. The van der Waals surface area contributed by atoms with E-state index in [9.17, 15) is 20.4 Å². The third kappa shape index (κ3) is 1.91. The molecule has 7 atom stereocenters. The summed E-state index contributed by atoms with van der Waals surface area (Å²) in [4.78, 5) is 0. The molecule has 0 amide bonds. The Morgan fingerprint density at radius 1 is 1.17 bits per heavy atom. The predicted molar refractivity (Wildman–Crippen MR) is 86.6 cm³/mol. The molecule has 0 saturated heterocycles. The first-order chi connectivity index (χ1) is 11.0. The van der Waals surface area contributed by atoms with Gasteiger partial charge in [-0.2, -0.15) is 0 Å². The lowest BCUT2D eigenvalue weighted by molar-refractivity contribution is -0.00442. The number of rotatable bonds is 0. The van der Waals surface area contributed by atoms with Crippen LogP contribution in [0.2, 0.25) is 0 Å². The van der Waals surface area contributed by atoms with Crippen molar-refractivity contribution in [3.63, 3.8) is 0 Å². The molecular weight excluding hydrogens is 292 g/mol. The van der Waals surface area contributed by atoms with E-state index in [0.717, 1.165) is 24.0 Å². The predicted octanol–water partition coefficient (Wildman–Crippen LogP) is 2.77. The quantitative estimate of drug-likeness (QED) is 0.409. The summed E-state index contributed by atoms with van der Waals surface area (Å²) in [5.74, 6) is 0.713. The summed E-state index contributed by atoms with van der Waals surface area (Å²) in [7, 11) is 0. The van der Waals surface area contributed by atoms with Gasteiger partial charge in [0.15, 0.2) is 0 Å². The van der Waals surface area contributed by atoms with Crippen LogP contribution in [0.15, 0.2) is 47.5 Å². The second kappa shape index (κ2) is 4.99. The molecule has 4 heteroatoms. The molecule has 4 aliphatic rings. The van der Waals surface area contributed by atoms with Gasteiger partial charge in [-0.15, -0.1) is 0 Å². The fourth-order valence-electron chi connectivity index (χ4n) is 5.52. The molecule has 23 heavy (non-hydrogen) atoms. The van der Waals surface area contributed by atoms with Crippen molar-refractivity contribution >= 4 is 0 Å². The molecular formula is C19H24O4. The maximum Gasteiger partial charge on any atom is 0.129 e. The van der Waals surface area contributed by atoms with Gasteiger partial charge < -0.3 is 20.4 Å². The average molecular weight is 316 g/mol. The lowest BCUT2D eigenvalue weighted by Gasteiger charge is -2.51. The number of allylic oxidation sites excluding steroid dienone is 5. The van der Waals surface area contributed by atoms with Crippen LogP contribution in [-0.2, 0) is 0 Å². The molecule has 0 aromatic heterocycles. The summed E-state index contributed by atoms with van der Waals surface area (Å²) in [6, 6.07) is 0. The molecule has 0 radical (unpaired) electrons. The Labute approximate surface area is 136 Å². The van der Waals surface area contributed by atoms with E-state index < -0.39 is 6.10 Å². The minimum absolute atomic E-state index is 0.0179. The van der Waals surface area contributed by atoms with Gasteiger partial charge in [-0.1, -0.05) is 31.2 Å². The van der Waals surface area contributed by atoms with E-state index in [1.54, 1.807) is 6.08 Å². The van der Waals surface area contributed by atoms with Crippen LogP contribution in [0, 0.1) is 29.1 Å². The average Bonchev–Trinajstić information content (AvgIpc) is 2.85. The zero-order chi connectivity index (χ0) is 16.4. The lowest BCUT2D eigenvalue weighted by atomic mass is 9.53. The second-order valence-corrected chi connectivity index (χ2v) is 7.74. The molecule has 0 aromatic rings. The Kier molecular flexibility index (Phi) is 3.26. The Morgan fingerprint density at radius 3 is 2.70 bits per heavy atom. The van der Waals surface area contributed by atoms with Gasteiger partial charge in [0.1, 0.15) is 11.9 Å². The minimum atomic E-state index is -0.939. The largest absolute Gasteiger partial charge is 0.516 e. The third-order valence-electron chi connectivity index (χ3n) is 6.74. The van der Waals surface area contributed by atoms with Crippen LogP contribution in [0.4, 0.5) is 0 Å². The Bertz CT molecular complexity index is 644. The Hall–Kier alpha value is -1.52. The van der Waals surface area contributed by atoms with E-state index in [1.807, 2.05) is 12.2 Å². The molecule has 2 fully saturated rings. The lowest BCUT2D eigenvalue weighted by Crippen LogP contribution is -2.47. The monoisotopic (exact) mass is 316 g/mol. The van der Waals surface area contributed by atoms with Crippen molar-refractivity contribution < 1.29 is 20.4 Å². The summed E-state index contributed by atoms with van der Waals surface area (Å²) in [6.07, 6.45) is 10.1. The highest BCUT2D eigenvalue weighted by Crippen LogP contribution is 2.61. The molecule has 4 N–H and O–H groups in total. The molecule has 0 heterocycles. The highest BCUT2D eigenvalue weighted by Gasteiger charge is 2.56. The maximum atomic E-state index is 10.5. The summed E-state index contributed by atoms with van der Waals surface area (Å²) < 4.78 is 0. The van der Waals surface area contributed by atoms with Crippen LogP contribution in [-0.4, -0.2) is 32.6 Å². The van der Waals surface area contributed by atoms with Crippen LogP contribution in [0.5, 0.6) is 0 Å². The summed E-state index contributed by atoms with van der Waals surface area (Å²) in [5, 5.41) is 40.3. The molecule has 0 aromatic carbocycles. The van der Waals surface area contributed by atoms with Crippen molar-refractivity contribution in [1.82, 2.24) is 0 Å². The van der Waals surface area contributed by atoms with Gasteiger partial charge in [0.05, 0.1) is 12.4 Å². The van der Waals surface area contributed by atoms with Gasteiger partial charge in [0.2, 0.25) is 0 Å². The van der Waals surface area contributed by atoms with Crippen molar-refractivity contribution in [2.75, 3.05) is 0 Å². The number of aliphatic hydroxyl groups is 4. The summed E-state index contributed by atoms with van der Waals surface area (Å²) in [5.41, 5.74) is 1.50. The van der Waals surface area contributed by atoms with Crippen LogP contribution < -0.4 is 0 Å². The standard InChI is InChI=1S/C19H24O4/c1-19-8-10(9-20)17-11-4-6-15(21)18(23)12(11)2-3-13(17)14(19)5-7-16(19)22/h2-4,6,9,11,13-17,20-23H,5,7-8H2,1H3/b10-9-/t11-,13-,14-,15?,16-,17+,19-/m0/s1. The van der Waals surface area contributed by atoms with E-state index in [0.29, 0.717) is 12.3 Å². The molecule has 0 bridgehead atoms. The normalized spacial score (nSPS) is 50.0. The molecule has 1 unspecified atom stereocenters. The zero-order valence-corrected chi connectivity index (χ0v) is 13.3. The number of hydrogen-bond donors (Lipinski definition) is 4. The van der Waals surface area contributed by atoms with Gasteiger partial charge >= 0.3 is 0 Å². The first-order valence-electron chi connectivity index (χ1n) is 8.46. The van der Waals surface area contributed by atoms with Crippen LogP contribution in [0.3, 0.4) is 0 Å². The molecule has 2 saturated carbocycles. The molecule has 4 nitrogen and oxygen atoms in total. The van der Waals surface area contributed by atoms with E-state index in [2.05, 4.69) is 13.0 Å². The van der Waals surface area contributed by atoms with Gasteiger partial charge in [-0.3, -0.25) is 0 Å². The van der Waals surface area contributed by atoms with Crippen LogP contribution in [0.1, 0.15) is 26.2 Å². The highest BCUT2D eigenvalue weighted by molar-refractivity contribution is 5.43. The fraction of sp³-hybridized carbons (Fsp3) is 0.579. The van der Waals surface area contributed by atoms with Crippen molar-refractivity contribution in [2.45, 2.75) is 38.4 Å². The van der Waals surface area contributed by atoms with E-state index in [4.69, 9.17) is 0 Å². The van der Waals surface area contributed by atoms with Crippen molar-refractivity contribution in [2.24, 2.45) is 29.1 Å². The molecule has 124 valence electrons. The van der Waals surface area contributed by atoms with E-state index in [1.165, 1.54) is 6.26 Å². The van der Waals surface area contributed by atoms with Gasteiger partial charge in [-0.25, -0.2) is 0 Å². The Balaban J connectivity index is 1.82. The number of aliphatic hydroxyl groups excluding tert-OH is 4. The summed E-state index contributed by atoms with van der Waals surface area (Å²) >= 11 is 0. The fourth-order valence-corrected chi connectivity index (χ4v) is 5.52. The molecule has 0 spiro atoms. The van der Waals surface area contributed by atoms with Gasteiger partial charge in [0.25, 0.3) is 0 Å². The first-order valence-corrected chi connectivity index (χ1v) is 8.46. The molecule has 0 aliphatic heterocycles. The highest BCUT2D eigenvalue weighted by atomic mass is 16.3. The van der Waals surface area contributed by atoms with Crippen LogP contribution in [0.25, 0.3) is 0 Å². The Morgan fingerprint density at radius 2 is 1.96 bits per heavy atom. The first kappa shape index (κ1) is 15.0. The third-order valence-corrected chi connectivity index (χ3v) is 6.74. The summed E-state index contributed by atoms with van der Waals surface area (Å²) in [6.45, 7) is 2.13. The number of hydrogen-bond acceptors (Lipinski definition) is 4. The van der Waals surface area contributed by atoms with Crippen molar-refractivity contribution in [1.29, 1.82) is 0 Å². The van der Waals surface area contributed by atoms with Gasteiger partial charge in [0, 0.05) is 17.3 Å². The topological polar surface area (TPSA) is 80.9 Å². The van der Waals surface area contributed by atoms with Crippen molar-refractivity contribution in [3.8, 4) is 0 Å². The van der Waals surface area contributed by atoms with E-state index >= 15 is 0 Å². The van der Waals surface area contributed by atoms with Gasteiger partial charge in [-0.05, 0) is 42.2 Å². The smallest absolute Gasteiger partial charge is 0.129 e.